The van der Waals surface area contributed by atoms with Crippen LogP contribution in [0.25, 0.3) is 0 Å². The molecule has 0 aromatic carbocycles. The van der Waals surface area contributed by atoms with Gasteiger partial charge >= 0.3 is 5.97 Å². The first-order valence-corrected chi connectivity index (χ1v) is 4.22. The number of hydrogen-bond acceptors (Lipinski definition) is 4. The second-order valence-corrected chi connectivity index (χ2v) is 2.61. The lowest BCUT2D eigenvalue weighted by Gasteiger charge is -2.12. The molecule has 1 aliphatic rings. The van der Waals surface area contributed by atoms with E-state index in [-0.39, 0.29) is 5.97 Å². The second kappa shape index (κ2) is 4.74. The Labute approximate surface area is 72.2 Å². The Hall–Kier alpha value is -1.06. The van der Waals surface area contributed by atoms with E-state index < -0.39 is 0 Å². The number of hydrogen-bond donors (Lipinski definition) is 0. The first-order valence-electron chi connectivity index (χ1n) is 4.22. The Kier molecular flexibility index (Phi) is 3.57. The summed E-state index contributed by atoms with van der Waals surface area (Å²) < 4.78 is 4.79. The summed E-state index contributed by atoms with van der Waals surface area (Å²) in [5.74, 6) is -0.127. The van der Waals surface area contributed by atoms with Gasteiger partial charge < -0.3 is 9.64 Å². The van der Waals surface area contributed by atoms with Crippen molar-refractivity contribution in [2.75, 3.05) is 26.2 Å². The van der Waals surface area contributed by atoms with Crippen LogP contribution in [0.2, 0.25) is 0 Å². The van der Waals surface area contributed by atoms with Crippen LogP contribution in [-0.4, -0.2) is 43.4 Å². The molecule has 12 heavy (non-hydrogen) atoms. The van der Waals surface area contributed by atoms with Crippen LogP contribution in [0, 0.1) is 0 Å². The summed E-state index contributed by atoms with van der Waals surface area (Å²) >= 11 is 0. The zero-order valence-corrected chi connectivity index (χ0v) is 7.32. The van der Waals surface area contributed by atoms with Crippen molar-refractivity contribution < 1.29 is 9.53 Å². The fourth-order valence-electron chi connectivity index (χ4n) is 1.05. The van der Waals surface area contributed by atoms with Gasteiger partial charge in [-0.25, -0.2) is 0 Å². The minimum atomic E-state index is -0.127. The van der Waals surface area contributed by atoms with E-state index in [9.17, 15) is 4.79 Å². The summed E-state index contributed by atoms with van der Waals surface area (Å²) in [5, 5.41) is 0. The molecule has 1 rings (SSSR count). The lowest BCUT2D eigenvalue weighted by molar-refractivity contribution is -0.143. The van der Waals surface area contributed by atoms with Crippen LogP contribution < -0.4 is 0 Å². The van der Waals surface area contributed by atoms with Crippen LogP contribution >= 0.6 is 0 Å². The van der Waals surface area contributed by atoms with Crippen LogP contribution in [0.4, 0.5) is 0 Å². The third-order valence-corrected chi connectivity index (χ3v) is 1.67. The SMILES string of the molecule is CCOC(=O)CCN1C=NCC1. The van der Waals surface area contributed by atoms with Crippen LogP contribution in [0.3, 0.4) is 0 Å². The topological polar surface area (TPSA) is 41.9 Å². The van der Waals surface area contributed by atoms with E-state index in [1.54, 1.807) is 6.34 Å². The second-order valence-electron chi connectivity index (χ2n) is 2.61. The molecular weight excluding hydrogens is 156 g/mol. The molecule has 0 atom stereocenters. The van der Waals surface area contributed by atoms with Crippen molar-refractivity contribution in [1.82, 2.24) is 4.90 Å². The molecule has 0 saturated carbocycles. The fraction of sp³-hybridized carbons (Fsp3) is 0.750. The molecule has 68 valence electrons. The molecule has 0 amide bonds. The summed E-state index contributed by atoms with van der Waals surface area (Å²) in [7, 11) is 0. The highest BCUT2D eigenvalue weighted by Crippen LogP contribution is 1.96. The Morgan fingerprint density at radius 1 is 1.75 bits per heavy atom. The summed E-state index contributed by atoms with van der Waals surface area (Å²) in [6.07, 6.45) is 2.25. The summed E-state index contributed by atoms with van der Waals surface area (Å²) in [4.78, 5) is 17.0. The predicted octanol–water partition coefficient (Wildman–Crippen LogP) is 0.283. The number of esters is 1. The van der Waals surface area contributed by atoms with E-state index in [0.717, 1.165) is 19.6 Å². The molecule has 4 heteroatoms. The van der Waals surface area contributed by atoms with Gasteiger partial charge in [0.1, 0.15) is 0 Å². The van der Waals surface area contributed by atoms with Crippen LogP contribution in [-0.2, 0) is 9.53 Å². The lowest BCUT2D eigenvalue weighted by atomic mass is 10.4. The third kappa shape index (κ3) is 2.90. The molecule has 0 N–H and O–H groups in total. The molecule has 1 heterocycles. The van der Waals surface area contributed by atoms with E-state index in [1.807, 2.05) is 11.8 Å². The first-order chi connectivity index (χ1) is 5.83. The number of carbonyl (C=O) groups excluding carboxylic acids is 1. The van der Waals surface area contributed by atoms with E-state index >= 15 is 0 Å². The number of ether oxygens (including phenoxy) is 1. The largest absolute Gasteiger partial charge is 0.466 e. The molecule has 1 aliphatic heterocycles. The van der Waals surface area contributed by atoms with E-state index in [2.05, 4.69) is 4.99 Å². The molecule has 0 spiro atoms. The highest BCUT2D eigenvalue weighted by atomic mass is 16.5. The van der Waals surface area contributed by atoms with E-state index in [0.29, 0.717) is 13.0 Å². The maximum atomic E-state index is 10.9. The molecule has 0 saturated heterocycles. The quantitative estimate of drug-likeness (QED) is 0.569. The number of rotatable bonds is 4. The van der Waals surface area contributed by atoms with Gasteiger partial charge in [0, 0.05) is 13.1 Å². The molecule has 0 aromatic heterocycles. The van der Waals surface area contributed by atoms with Crippen molar-refractivity contribution in [1.29, 1.82) is 0 Å². The van der Waals surface area contributed by atoms with Crippen LogP contribution in [0.5, 0.6) is 0 Å². The molecule has 4 nitrogen and oxygen atoms in total. The summed E-state index contributed by atoms with van der Waals surface area (Å²) in [6.45, 7) is 4.78. The van der Waals surface area contributed by atoms with Gasteiger partial charge in [-0.3, -0.25) is 9.79 Å². The molecule has 0 aliphatic carbocycles. The number of nitrogens with zero attached hydrogens (tertiary/aromatic N) is 2. The van der Waals surface area contributed by atoms with Crippen LogP contribution in [0.1, 0.15) is 13.3 Å². The smallest absolute Gasteiger partial charge is 0.307 e. The van der Waals surface area contributed by atoms with E-state index in [1.165, 1.54) is 0 Å². The average Bonchev–Trinajstić information content (AvgIpc) is 2.53. The first kappa shape index (κ1) is 9.03. The molecule has 0 fully saturated rings. The van der Waals surface area contributed by atoms with Crippen molar-refractivity contribution in [3.63, 3.8) is 0 Å². The minimum Gasteiger partial charge on any atom is -0.466 e. The zero-order valence-electron chi connectivity index (χ0n) is 7.32. The van der Waals surface area contributed by atoms with Gasteiger partial charge in [-0.1, -0.05) is 0 Å². The van der Waals surface area contributed by atoms with Crippen LogP contribution in [0.15, 0.2) is 4.99 Å². The Balaban J connectivity index is 2.08. The lowest BCUT2D eigenvalue weighted by Crippen LogP contribution is -2.23. The van der Waals surface area contributed by atoms with Crippen molar-refractivity contribution in [2.24, 2.45) is 4.99 Å². The maximum Gasteiger partial charge on any atom is 0.307 e. The van der Waals surface area contributed by atoms with Crippen molar-refractivity contribution in [3.8, 4) is 0 Å². The van der Waals surface area contributed by atoms with Crippen molar-refractivity contribution in [2.45, 2.75) is 13.3 Å². The normalized spacial score (nSPS) is 15.2. The van der Waals surface area contributed by atoms with Crippen molar-refractivity contribution in [3.05, 3.63) is 0 Å². The highest BCUT2D eigenvalue weighted by Gasteiger charge is 2.08. The highest BCUT2D eigenvalue weighted by molar-refractivity contribution is 5.70. The van der Waals surface area contributed by atoms with E-state index in [4.69, 9.17) is 4.74 Å². The standard InChI is InChI=1S/C8H14N2O2/c1-2-12-8(11)3-5-10-6-4-9-7-10/h7H,2-6H2,1H3. The molecule has 0 bridgehead atoms. The number of aliphatic imine (C=N–C) groups is 1. The molecule has 0 radical (unpaired) electrons. The maximum absolute atomic E-state index is 10.9. The summed E-state index contributed by atoms with van der Waals surface area (Å²) in [6, 6.07) is 0. The fourth-order valence-corrected chi connectivity index (χ4v) is 1.05. The molecule has 0 unspecified atom stereocenters. The minimum absolute atomic E-state index is 0.127. The van der Waals surface area contributed by atoms with Gasteiger partial charge in [0.15, 0.2) is 0 Å². The van der Waals surface area contributed by atoms with Gasteiger partial charge in [-0.2, -0.15) is 0 Å². The van der Waals surface area contributed by atoms with Gasteiger partial charge in [0.25, 0.3) is 0 Å². The van der Waals surface area contributed by atoms with Crippen molar-refractivity contribution >= 4 is 12.3 Å². The Morgan fingerprint density at radius 2 is 2.58 bits per heavy atom. The van der Waals surface area contributed by atoms with Gasteiger partial charge in [0.2, 0.25) is 0 Å². The predicted molar refractivity (Wildman–Crippen MR) is 46.2 cm³/mol. The van der Waals surface area contributed by atoms with Gasteiger partial charge in [-0.15, -0.1) is 0 Å². The third-order valence-electron chi connectivity index (χ3n) is 1.67. The molecule has 0 aromatic rings. The van der Waals surface area contributed by atoms with Gasteiger partial charge in [-0.05, 0) is 6.92 Å². The van der Waals surface area contributed by atoms with Gasteiger partial charge in [0.05, 0.1) is 25.9 Å². The zero-order chi connectivity index (χ0) is 8.81. The summed E-state index contributed by atoms with van der Waals surface area (Å²) in [5.41, 5.74) is 0. The average molecular weight is 170 g/mol. The number of carbonyl (C=O) groups is 1. The molecular formula is C8H14N2O2. The monoisotopic (exact) mass is 170 g/mol. The Morgan fingerprint density at radius 3 is 3.17 bits per heavy atom. The Bertz CT molecular complexity index is 180.